The van der Waals surface area contributed by atoms with Crippen molar-refractivity contribution in [2.45, 2.75) is 45.4 Å². The molecule has 3 rings (SSSR count). The van der Waals surface area contributed by atoms with Crippen LogP contribution in [0.25, 0.3) is 11.1 Å². The molecule has 1 saturated carbocycles. The third-order valence-electron chi connectivity index (χ3n) is 4.08. The van der Waals surface area contributed by atoms with E-state index in [1.807, 2.05) is 6.07 Å². The van der Waals surface area contributed by atoms with E-state index in [1.165, 1.54) is 12.8 Å². The van der Waals surface area contributed by atoms with E-state index in [-0.39, 0.29) is 5.75 Å². The molecule has 1 fully saturated rings. The van der Waals surface area contributed by atoms with Crippen LogP contribution in [0.2, 0.25) is 0 Å². The summed E-state index contributed by atoms with van der Waals surface area (Å²) in [6.45, 7) is 4.65. The minimum atomic E-state index is 0.231. The van der Waals surface area contributed by atoms with Crippen LogP contribution in [0.3, 0.4) is 0 Å². The lowest BCUT2D eigenvalue weighted by Crippen LogP contribution is -2.20. The van der Waals surface area contributed by atoms with Gasteiger partial charge in [0.1, 0.15) is 11.3 Å². The molecule has 0 bridgehead atoms. The second-order valence-corrected chi connectivity index (χ2v) is 6.14. The average Bonchev–Trinajstić information content (AvgIpc) is 2.71. The molecule has 1 aliphatic carbocycles. The Bertz CT molecular complexity index is 561. The summed E-state index contributed by atoms with van der Waals surface area (Å²) in [4.78, 5) is 4.55. The van der Waals surface area contributed by atoms with Crippen LogP contribution < -0.4 is 0 Å². The van der Waals surface area contributed by atoms with Crippen LogP contribution in [0.4, 0.5) is 0 Å². The minimum absolute atomic E-state index is 0.231. The van der Waals surface area contributed by atoms with E-state index in [9.17, 15) is 5.11 Å². The highest BCUT2D eigenvalue weighted by atomic mass is 16.3. The number of fused-ring (bicyclic) bond motifs is 1. The summed E-state index contributed by atoms with van der Waals surface area (Å²) >= 11 is 0. The van der Waals surface area contributed by atoms with E-state index in [4.69, 9.17) is 4.42 Å². The van der Waals surface area contributed by atoms with Crippen molar-refractivity contribution in [3.05, 3.63) is 24.1 Å². The summed E-state index contributed by atoms with van der Waals surface area (Å²) in [5.74, 6) is 1.51. The van der Waals surface area contributed by atoms with E-state index in [0.717, 1.165) is 24.2 Å². The number of aromatic hydroxyl groups is 1. The Hall–Kier alpha value is -1.51. The zero-order valence-corrected chi connectivity index (χ0v) is 10.9. The fourth-order valence-electron chi connectivity index (χ4n) is 2.75. The Morgan fingerprint density at radius 1 is 1.28 bits per heavy atom. The van der Waals surface area contributed by atoms with Gasteiger partial charge in [-0.3, -0.25) is 0 Å². The molecule has 0 atom stereocenters. The van der Waals surface area contributed by atoms with Gasteiger partial charge in [-0.25, -0.2) is 4.98 Å². The van der Waals surface area contributed by atoms with Gasteiger partial charge in [-0.05, 0) is 43.2 Å². The maximum absolute atomic E-state index is 9.43. The van der Waals surface area contributed by atoms with Crippen LogP contribution >= 0.6 is 0 Å². The number of benzene rings is 1. The van der Waals surface area contributed by atoms with Gasteiger partial charge >= 0.3 is 0 Å². The first-order valence-corrected chi connectivity index (χ1v) is 6.63. The molecule has 0 unspecified atom stereocenters. The number of rotatable bonds is 1. The average molecular weight is 245 g/mol. The molecule has 18 heavy (non-hydrogen) atoms. The van der Waals surface area contributed by atoms with Crippen molar-refractivity contribution >= 4 is 11.1 Å². The van der Waals surface area contributed by atoms with Gasteiger partial charge in [-0.15, -0.1) is 0 Å². The van der Waals surface area contributed by atoms with Crippen molar-refractivity contribution in [2.75, 3.05) is 0 Å². The van der Waals surface area contributed by atoms with Crippen LogP contribution in [0.15, 0.2) is 22.6 Å². The lowest BCUT2D eigenvalue weighted by Gasteiger charge is -2.32. The van der Waals surface area contributed by atoms with Gasteiger partial charge in [0.05, 0.1) is 0 Å². The summed E-state index contributed by atoms with van der Waals surface area (Å²) in [7, 11) is 0. The minimum Gasteiger partial charge on any atom is -0.508 e. The molecule has 1 aromatic carbocycles. The Balaban J connectivity index is 1.87. The molecule has 0 spiro atoms. The Morgan fingerprint density at radius 2 is 2.00 bits per heavy atom. The Kier molecular flexibility index (Phi) is 2.58. The monoisotopic (exact) mass is 245 g/mol. The number of hydrogen-bond acceptors (Lipinski definition) is 3. The first-order valence-electron chi connectivity index (χ1n) is 6.63. The van der Waals surface area contributed by atoms with Crippen molar-refractivity contribution in [3.8, 4) is 5.75 Å². The maximum Gasteiger partial charge on any atom is 0.198 e. The molecule has 3 heteroatoms. The van der Waals surface area contributed by atoms with Gasteiger partial charge in [-0.1, -0.05) is 13.8 Å². The molecule has 0 amide bonds. The molecule has 1 N–H and O–H groups in total. The summed E-state index contributed by atoms with van der Waals surface area (Å²) in [6, 6.07) is 5.10. The van der Waals surface area contributed by atoms with E-state index >= 15 is 0 Å². The summed E-state index contributed by atoms with van der Waals surface area (Å²) in [6.07, 6.45) is 4.74. The molecular weight excluding hydrogens is 226 g/mol. The molecule has 0 radical (unpaired) electrons. The first kappa shape index (κ1) is 11.6. The number of nitrogens with zero attached hydrogens (tertiary/aromatic N) is 1. The van der Waals surface area contributed by atoms with E-state index < -0.39 is 0 Å². The van der Waals surface area contributed by atoms with Crippen LogP contribution in [-0.2, 0) is 0 Å². The standard InChI is InChI=1S/C15H19NO2/c1-15(2)7-5-10(6-8-15)14-16-12-4-3-11(17)9-13(12)18-14/h3-4,9-10,17H,5-8H2,1-2H3. The molecule has 2 aromatic rings. The molecule has 1 aromatic heterocycles. The fourth-order valence-corrected chi connectivity index (χ4v) is 2.75. The van der Waals surface area contributed by atoms with E-state index in [1.54, 1.807) is 12.1 Å². The lowest BCUT2D eigenvalue weighted by atomic mass is 9.73. The van der Waals surface area contributed by atoms with Crippen LogP contribution in [0.1, 0.15) is 51.3 Å². The van der Waals surface area contributed by atoms with Crippen molar-refractivity contribution in [3.63, 3.8) is 0 Å². The van der Waals surface area contributed by atoms with Crippen LogP contribution in [-0.4, -0.2) is 10.1 Å². The zero-order valence-electron chi connectivity index (χ0n) is 10.9. The third-order valence-corrected chi connectivity index (χ3v) is 4.08. The van der Waals surface area contributed by atoms with Gasteiger partial charge in [-0.2, -0.15) is 0 Å². The smallest absolute Gasteiger partial charge is 0.198 e. The largest absolute Gasteiger partial charge is 0.508 e. The highest BCUT2D eigenvalue weighted by Crippen LogP contribution is 2.42. The summed E-state index contributed by atoms with van der Waals surface area (Å²) in [5, 5.41) is 9.43. The molecular formula is C15H19NO2. The van der Waals surface area contributed by atoms with Crippen molar-refractivity contribution in [1.29, 1.82) is 0 Å². The Morgan fingerprint density at radius 3 is 2.72 bits per heavy atom. The van der Waals surface area contributed by atoms with E-state index in [2.05, 4.69) is 18.8 Å². The highest BCUT2D eigenvalue weighted by Gasteiger charge is 2.30. The third kappa shape index (κ3) is 2.09. The normalized spacial score (nSPS) is 20.3. The second-order valence-electron chi connectivity index (χ2n) is 6.14. The molecule has 3 nitrogen and oxygen atoms in total. The quantitative estimate of drug-likeness (QED) is 0.818. The predicted molar refractivity (Wildman–Crippen MR) is 70.7 cm³/mol. The first-order chi connectivity index (χ1) is 8.53. The van der Waals surface area contributed by atoms with Gasteiger partial charge in [0, 0.05) is 12.0 Å². The fraction of sp³-hybridized carbons (Fsp3) is 0.533. The lowest BCUT2D eigenvalue weighted by molar-refractivity contribution is 0.210. The van der Waals surface area contributed by atoms with Crippen molar-refractivity contribution in [2.24, 2.45) is 5.41 Å². The van der Waals surface area contributed by atoms with Gasteiger partial charge in [0.25, 0.3) is 0 Å². The molecule has 0 aliphatic heterocycles. The van der Waals surface area contributed by atoms with Crippen LogP contribution in [0, 0.1) is 5.41 Å². The molecule has 96 valence electrons. The predicted octanol–water partition coefficient (Wildman–Crippen LogP) is 4.22. The van der Waals surface area contributed by atoms with Gasteiger partial charge < -0.3 is 9.52 Å². The SMILES string of the molecule is CC1(C)CCC(c2nc3ccc(O)cc3o2)CC1. The van der Waals surface area contributed by atoms with Crippen LogP contribution in [0.5, 0.6) is 5.75 Å². The van der Waals surface area contributed by atoms with Crippen molar-refractivity contribution < 1.29 is 9.52 Å². The number of phenols is 1. The topological polar surface area (TPSA) is 46.3 Å². The highest BCUT2D eigenvalue weighted by molar-refractivity contribution is 5.74. The maximum atomic E-state index is 9.43. The number of phenolic OH excluding ortho intramolecular Hbond substituents is 1. The van der Waals surface area contributed by atoms with E-state index in [0.29, 0.717) is 16.9 Å². The summed E-state index contributed by atoms with van der Waals surface area (Å²) < 4.78 is 5.79. The number of oxazole rings is 1. The molecule has 1 aliphatic rings. The molecule has 0 saturated heterocycles. The zero-order chi connectivity index (χ0) is 12.8. The number of hydrogen-bond donors (Lipinski definition) is 1. The van der Waals surface area contributed by atoms with Gasteiger partial charge in [0.15, 0.2) is 11.5 Å². The van der Waals surface area contributed by atoms with Gasteiger partial charge in [0.2, 0.25) is 0 Å². The number of aromatic nitrogens is 1. The summed E-state index contributed by atoms with van der Waals surface area (Å²) in [5.41, 5.74) is 1.99. The van der Waals surface area contributed by atoms with Crippen molar-refractivity contribution in [1.82, 2.24) is 4.98 Å². The second kappa shape index (κ2) is 4.01. The Labute approximate surface area is 107 Å². The molecule has 1 heterocycles.